The van der Waals surface area contributed by atoms with Crippen molar-refractivity contribution in [1.82, 2.24) is 5.32 Å². The highest BCUT2D eigenvalue weighted by atomic mass is 35.5. The second kappa shape index (κ2) is 5.81. The Hall–Kier alpha value is -0.930. The zero-order chi connectivity index (χ0) is 13.1. The maximum absolute atomic E-state index is 10.2. The lowest BCUT2D eigenvalue weighted by Crippen LogP contribution is -2.28. The summed E-state index contributed by atoms with van der Waals surface area (Å²) in [6.45, 7) is 3.97. The van der Waals surface area contributed by atoms with Gasteiger partial charge in [0.25, 0.3) is 0 Å². The number of benzene rings is 1. The summed E-state index contributed by atoms with van der Waals surface area (Å²) in [5.41, 5.74) is 1.67. The Kier molecular flexibility index (Phi) is 4.36. The molecule has 2 rings (SSSR count). The summed E-state index contributed by atoms with van der Waals surface area (Å²) in [7, 11) is 1.57. The minimum atomic E-state index is 0.329. The number of halogens is 1. The normalized spacial score (nSPS) is 16.8. The molecule has 18 heavy (non-hydrogen) atoms. The Balaban J connectivity index is 2.22. The third-order valence-electron chi connectivity index (χ3n) is 3.69. The van der Waals surface area contributed by atoms with Gasteiger partial charge >= 0.3 is 0 Å². The Morgan fingerprint density at radius 3 is 2.72 bits per heavy atom. The van der Waals surface area contributed by atoms with Gasteiger partial charge in [-0.05, 0) is 56.8 Å². The zero-order valence-corrected chi connectivity index (χ0v) is 11.7. The van der Waals surface area contributed by atoms with Gasteiger partial charge in [0.15, 0.2) is 0 Å². The molecule has 100 valence electrons. The number of rotatable bonds is 3. The van der Waals surface area contributed by atoms with Crippen molar-refractivity contribution < 1.29 is 9.84 Å². The van der Waals surface area contributed by atoms with Crippen molar-refractivity contribution >= 4 is 11.6 Å². The van der Waals surface area contributed by atoms with Gasteiger partial charge in [-0.3, -0.25) is 0 Å². The van der Waals surface area contributed by atoms with Gasteiger partial charge in [0.05, 0.1) is 12.1 Å². The van der Waals surface area contributed by atoms with Gasteiger partial charge in [-0.1, -0.05) is 11.6 Å². The lowest BCUT2D eigenvalue weighted by molar-refractivity contribution is 0.364. The van der Waals surface area contributed by atoms with E-state index in [2.05, 4.69) is 5.32 Å². The minimum Gasteiger partial charge on any atom is -0.507 e. The Morgan fingerprint density at radius 1 is 1.44 bits per heavy atom. The van der Waals surface area contributed by atoms with Crippen molar-refractivity contribution in [3.05, 3.63) is 22.2 Å². The van der Waals surface area contributed by atoms with E-state index in [0.29, 0.717) is 22.4 Å². The topological polar surface area (TPSA) is 41.5 Å². The molecule has 1 aromatic rings. The maximum atomic E-state index is 10.2. The van der Waals surface area contributed by atoms with E-state index in [1.807, 2.05) is 13.0 Å². The van der Waals surface area contributed by atoms with Crippen LogP contribution in [-0.2, 0) is 6.42 Å². The minimum absolute atomic E-state index is 0.329. The number of phenolic OH excluding ortho intramolecular Hbond substituents is 1. The number of hydrogen-bond acceptors (Lipinski definition) is 3. The van der Waals surface area contributed by atoms with Crippen LogP contribution in [0, 0.1) is 12.8 Å². The van der Waals surface area contributed by atoms with Crippen molar-refractivity contribution in [2.75, 3.05) is 20.2 Å². The number of phenols is 1. The van der Waals surface area contributed by atoms with Gasteiger partial charge in [0.1, 0.15) is 11.5 Å². The molecule has 0 atom stereocenters. The molecule has 0 radical (unpaired) electrons. The summed E-state index contributed by atoms with van der Waals surface area (Å²) < 4.78 is 5.20. The average molecular weight is 270 g/mol. The van der Waals surface area contributed by atoms with Crippen molar-refractivity contribution in [3.8, 4) is 11.5 Å². The highest BCUT2D eigenvalue weighted by Gasteiger charge is 2.19. The third-order valence-corrected chi connectivity index (χ3v) is 3.97. The van der Waals surface area contributed by atoms with Crippen molar-refractivity contribution in [3.63, 3.8) is 0 Å². The Bertz CT molecular complexity index is 428. The fraction of sp³-hybridized carbons (Fsp3) is 0.571. The van der Waals surface area contributed by atoms with Crippen molar-refractivity contribution in [2.24, 2.45) is 5.92 Å². The highest BCUT2D eigenvalue weighted by Crippen LogP contribution is 2.38. The quantitative estimate of drug-likeness (QED) is 0.887. The first-order valence-corrected chi connectivity index (χ1v) is 6.77. The molecule has 0 unspecified atom stereocenters. The van der Waals surface area contributed by atoms with E-state index in [4.69, 9.17) is 16.3 Å². The molecular weight excluding hydrogens is 250 g/mol. The molecular formula is C14H20ClNO2. The number of methoxy groups -OCH3 is 1. The van der Waals surface area contributed by atoms with Crippen LogP contribution in [0.25, 0.3) is 0 Å². The lowest BCUT2D eigenvalue weighted by atomic mass is 9.90. The molecule has 1 heterocycles. The maximum Gasteiger partial charge on any atom is 0.144 e. The van der Waals surface area contributed by atoms with E-state index in [1.165, 1.54) is 0 Å². The van der Waals surface area contributed by atoms with E-state index >= 15 is 0 Å². The van der Waals surface area contributed by atoms with Gasteiger partial charge in [-0.15, -0.1) is 0 Å². The number of aromatic hydroxyl groups is 1. The van der Waals surface area contributed by atoms with Gasteiger partial charge < -0.3 is 15.2 Å². The summed E-state index contributed by atoms with van der Waals surface area (Å²) in [6.07, 6.45) is 3.20. The Morgan fingerprint density at radius 2 is 2.11 bits per heavy atom. The monoisotopic (exact) mass is 269 g/mol. The van der Waals surface area contributed by atoms with E-state index in [-0.39, 0.29) is 0 Å². The molecule has 1 saturated heterocycles. The molecule has 2 N–H and O–H groups in total. The first-order chi connectivity index (χ1) is 8.63. The number of piperidine rings is 1. The molecule has 0 amide bonds. The predicted molar refractivity (Wildman–Crippen MR) is 73.7 cm³/mol. The molecule has 4 heteroatoms. The summed E-state index contributed by atoms with van der Waals surface area (Å²) in [4.78, 5) is 0. The molecule has 0 spiro atoms. The summed E-state index contributed by atoms with van der Waals surface area (Å²) >= 11 is 6.18. The fourth-order valence-corrected chi connectivity index (χ4v) is 2.97. The summed E-state index contributed by atoms with van der Waals surface area (Å²) in [5.74, 6) is 1.53. The zero-order valence-electron chi connectivity index (χ0n) is 10.9. The third kappa shape index (κ3) is 2.73. The van der Waals surface area contributed by atoms with Gasteiger partial charge in [-0.2, -0.15) is 0 Å². The number of hydrogen-bond donors (Lipinski definition) is 2. The molecule has 1 aliphatic rings. The van der Waals surface area contributed by atoms with Gasteiger partial charge in [0.2, 0.25) is 0 Å². The lowest BCUT2D eigenvalue weighted by Gasteiger charge is -2.23. The average Bonchev–Trinajstić information content (AvgIpc) is 2.37. The van der Waals surface area contributed by atoms with Crippen LogP contribution in [0.1, 0.15) is 24.0 Å². The predicted octanol–water partition coefficient (Wildman–Crippen LogP) is 2.90. The van der Waals surface area contributed by atoms with E-state index in [9.17, 15) is 5.11 Å². The first kappa shape index (κ1) is 13.5. The van der Waals surface area contributed by atoms with Crippen LogP contribution >= 0.6 is 11.6 Å². The second-order valence-electron chi connectivity index (χ2n) is 4.92. The van der Waals surface area contributed by atoms with Crippen molar-refractivity contribution in [2.45, 2.75) is 26.2 Å². The van der Waals surface area contributed by atoms with Crippen LogP contribution in [0.5, 0.6) is 11.5 Å². The summed E-state index contributed by atoms with van der Waals surface area (Å²) in [5, 5.41) is 14.1. The van der Waals surface area contributed by atoms with Crippen LogP contribution in [0.3, 0.4) is 0 Å². The SMILES string of the molecule is COc1c(Cl)cc(CC2CCNCC2)c(O)c1C. The highest BCUT2D eigenvalue weighted by molar-refractivity contribution is 6.32. The first-order valence-electron chi connectivity index (χ1n) is 6.39. The molecule has 3 nitrogen and oxygen atoms in total. The van der Waals surface area contributed by atoms with E-state index in [0.717, 1.165) is 43.5 Å². The fourth-order valence-electron chi connectivity index (χ4n) is 2.62. The van der Waals surface area contributed by atoms with Crippen LogP contribution in [-0.4, -0.2) is 25.3 Å². The molecule has 1 fully saturated rings. The van der Waals surface area contributed by atoms with Crippen LogP contribution in [0.15, 0.2) is 6.07 Å². The molecule has 1 aliphatic heterocycles. The largest absolute Gasteiger partial charge is 0.507 e. The smallest absolute Gasteiger partial charge is 0.144 e. The number of ether oxygens (including phenoxy) is 1. The van der Waals surface area contributed by atoms with E-state index in [1.54, 1.807) is 7.11 Å². The second-order valence-corrected chi connectivity index (χ2v) is 5.33. The van der Waals surface area contributed by atoms with Gasteiger partial charge in [0, 0.05) is 5.56 Å². The molecule has 0 aromatic heterocycles. The molecule has 0 saturated carbocycles. The number of nitrogens with one attached hydrogen (secondary N) is 1. The summed E-state index contributed by atoms with van der Waals surface area (Å²) in [6, 6.07) is 1.84. The van der Waals surface area contributed by atoms with Crippen LogP contribution in [0.4, 0.5) is 0 Å². The van der Waals surface area contributed by atoms with Crippen LogP contribution < -0.4 is 10.1 Å². The van der Waals surface area contributed by atoms with E-state index < -0.39 is 0 Å². The van der Waals surface area contributed by atoms with Gasteiger partial charge in [-0.25, -0.2) is 0 Å². The molecule has 1 aromatic carbocycles. The van der Waals surface area contributed by atoms with Crippen molar-refractivity contribution in [1.29, 1.82) is 0 Å². The standard InChI is InChI=1S/C14H20ClNO2/c1-9-13(17)11(8-12(15)14(9)18-2)7-10-3-5-16-6-4-10/h8,10,16-17H,3-7H2,1-2H3. The molecule has 0 bridgehead atoms. The Labute approximate surface area is 113 Å². The van der Waals surface area contributed by atoms with Crippen LogP contribution in [0.2, 0.25) is 5.02 Å². The molecule has 0 aliphatic carbocycles.